The Labute approximate surface area is 206 Å². The second-order valence-corrected chi connectivity index (χ2v) is 8.17. The first-order valence-corrected chi connectivity index (χ1v) is 11.7. The second kappa shape index (κ2) is 10.9. The number of esters is 1. The highest BCUT2D eigenvalue weighted by Gasteiger charge is 2.28. The van der Waals surface area contributed by atoms with Crippen molar-refractivity contribution in [3.8, 4) is 34.0 Å². The quantitative estimate of drug-likeness (QED) is 0.283. The number of hydrogen-bond donors (Lipinski definition) is 0. The van der Waals surface area contributed by atoms with Crippen molar-refractivity contribution in [3.05, 3.63) is 90.3 Å². The van der Waals surface area contributed by atoms with Crippen LogP contribution in [0.1, 0.15) is 31.2 Å². The summed E-state index contributed by atoms with van der Waals surface area (Å²) >= 11 is 0. The Kier molecular flexibility index (Phi) is 7.51. The van der Waals surface area contributed by atoms with E-state index in [4.69, 9.17) is 19.2 Å². The van der Waals surface area contributed by atoms with Crippen molar-refractivity contribution in [2.24, 2.45) is 0 Å². The van der Waals surface area contributed by atoms with Crippen molar-refractivity contribution in [2.75, 3.05) is 20.8 Å². The second-order valence-electron chi connectivity index (χ2n) is 8.17. The molecule has 4 aromatic rings. The molecular formula is C29H30N2O4. The molecular weight excluding hydrogens is 440 g/mol. The lowest BCUT2D eigenvalue weighted by molar-refractivity contribution is -0.144. The van der Waals surface area contributed by atoms with Gasteiger partial charge in [0.05, 0.1) is 32.2 Å². The molecule has 1 aromatic heterocycles. The van der Waals surface area contributed by atoms with Crippen LogP contribution < -0.4 is 9.47 Å². The van der Waals surface area contributed by atoms with Crippen LogP contribution >= 0.6 is 0 Å². The highest BCUT2D eigenvalue weighted by molar-refractivity contribution is 5.82. The number of nitrogens with zero attached hydrogens (tertiary/aromatic N) is 2. The largest absolute Gasteiger partial charge is 0.497 e. The van der Waals surface area contributed by atoms with Gasteiger partial charge >= 0.3 is 5.97 Å². The van der Waals surface area contributed by atoms with E-state index in [0.717, 1.165) is 39.6 Å². The van der Waals surface area contributed by atoms with Crippen molar-refractivity contribution < 1.29 is 19.0 Å². The van der Waals surface area contributed by atoms with Gasteiger partial charge in [0.1, 0.15) is 23.2 Å². The number of rotatable bonds is 9. The van der Waals surface area contributed by atoms with Crippen molar-refractivity contribution in [1.29, 1.82) is 0 Å². The summed E-state index contributed by atoms with van der Waals surface area (Å²) in [7, 11) is 3.29. The maximum Gasteiger partial charge on any atom is 0.316 e. The van der Waals surface area contributed by atoms with Crippen LogP contribution in [-0.2, 0) is 16.1 Å². The van der Waals surface area contributed by atoms with E-state index < -0.39 is 5.92 Å². The summed E-state index contributed by atoms with van der Waals surface area (Å²) in [6, 6.07) is 25.9. The SMILES string of the molecule is CCOC(=O)C(C)c1nc(-c2ccc(OC)cc2)c(-c2ccc(OC)cc2)n1Cc1ccccc1. The van der Waals surface area contributed by atoms with Gasteiger partial charge in [-0.25, -0.2) is 4.98 Å². The molecule has 0 amide bonds. The van der Waals surface area contributed by atoms with Gasteiger partial charge in [0.2, 0.25) is 0 Å². The number of methoxy groups -OCH3 is 2. The van der Waals surface area contributed by atoms with Crippen molar-refractivity contribution in [3.63, 3.8) is 0 Å². The molecule has 0 saturated carbocycles. The van der Waals surface area contributed by atoms with E-state index in [0.29, 0.717) is 19.0 Å². The Morgan fingerprint density at radius 2 is 1.43 bits per heavy atom. The molecule has 1 heterocycles. The van der Waals surface area contributed by atoms with Crippen LogP contribution in [0.5, 0.6) is 11.5 Å². The molecule has 0 spiro atoms. The van der Waals surface area contributed by atoms with Gasteiger partial charge in [0.25, 0.3) is 0 Å². The summed E-state index contributed by atoms with van der Waals surface area (Å²) in [6.07, 6.45) is 0. The number of carbonyl (C=O) groups excluding carboxylic acids is 1. The van der Waals surface area contributed by atoms with Gasteiger partial charge in [0.15, 0.2) is 0 Å². The first kappa shape index (κ1) is 24.1. The molecule has 0 aliphatic rings. The van der Waals surface area contributed by atoms with Crippen molar-refractivity contribution in [2.45, 2.75) is 26.3 Å². The van der Waals surface area contributed by atoms with Gasteiger partial charge in [-0.15, -0.1) is 0 Å². The molecule has 6 heteroatoms. The summed E-state index contributed by atoms with van der Waals surface area (Å²) in [5.74, 6) is 1.36. The maximum atomic E-state index is 12.8. The highest BCUT2D eigenvalue weighted by atomic mass is 16.5. The summed E-state index contributed by atoms with van der Waals surface area (Å²) < 4.78 is 18.2. The van der Waals surface area contributed by atoms with E-state index in [1.165, 1.54) is 0 Å². The van der Waals surface area contributed by atoms with Crippen LogP contribution in [-0.4, -0.2) is 36.3 Å². The fourth-order valence-electron chi connectivity index (χ4n) is 4.09. The third kappa shape index (κ3) is 5.22. The molecule has 4 rings (SSSR count). The summed E-state index contributed by atoms with van der Waals surface area (Å²) in [4.78, 5) is 17.8. The Bertz CT molecular complexity index is 1260. The lowest BCUT2D eigenvalue weighted by Gasteiger charge is -2.16. The lowest BCUT2D eigenvalue weighted by Crippen LogP contribution is -2.18. The van der Waals surface area contributed by atoms with Gasteiger partial charge < -0.3 is 18.8 Å². The normalized spacial score (nSPS) is 11.7. The van der Waals surface area contributed by atoms with Crippen molar-refractivity contribution >= 4 is 5.97 Å². The summed E-state index contributed by atoms with van der Waals surface area (Å²) in [5.41, 5.74) is 4.73. The standard InChI is InChI=1S/C29H30N2O4/c1-5-35-29(32)20(2)28-30-26(22-11-15-24(33-3)16-12-22)27(23-13-17-25(34-4)18-14-23)31(28)19-21-9-7-6-8-10-21/h6-18,20H,5,19H2,1-4H3. The fourth-order valence-corrected chi connectivity index (χ4v) is 4.09. The average Bonchev–Trinajstić information content (AvgIpc) is 3.27. The number of carbonyl (C=O) groups is 1. The van der Waals surface area contributed by atoms with Gasteiger partial charge in [-0.2, -0.15) is 0 Å². The Morgan fingerprint density at radius 1 is 0.857 bits per heavy atom. The smallest absolute Gasteiger partial charge is 0.316 e. The third-order valence-corrected chi connectivity index (χ3v) is 5.93. The van der Waals surface area contributed by atoms with Crippen LogP contribution in [0.2, 0.25) is 0 Å². The predicted molar refractivity (Wildman–Crippen MR) is 137 cm³/mol. The molecule has 3 aromatic carbocycles. The zero-order valence-corrected chi connectivity index (χ0v) is 20.5. The third-order valence-electron chi connectivity index (χ3n) is 5.93. The molecule has 0 aliphatic carbocycles. The topological polar surface area (TPSA) is 62.6 Å². The van der Waals surface area contributed by atoms with Crippen LogP contribution in [0.3, 0.4) is 0 Å². The molecule has 1 unspecified atom stereocenters. The first-order valence-electron chi connectivity index (χ1n) is 11.7. The predicted octanol–water partition coefficient (Wildman–Crippen LogP) is 5.95. The lowest BCUT2D eigenvalue weighted by atomic mass is 10.0. The van der Waals surface area contributed by atoms with E-state index >= 15 is 0 Å². The van der Waals surface area contributed by atoms with Crippen LogP contribution in [0, 0.1) is 0 Å². The average molecular weight is 471 g/mol. The van der Waals surface area contributed by atoms with Crippen LogP contribution in [0.25, 0.3) is 22.5 Å². The Morgan fingerprint density at radius 3 is 1.97 bits per heavy atom. The van der Waals surface area contributed by atoms with Crippen LogP contribution in [0.4, 0.5) is 0 Å². The fraction of sp³-hybridized carbons (Fsp3) is 0.241. The number of ether oxygens (including phenoxy) is 3. The molecule has 0 N–H and O–H groups in total. The van der Waals surface area contributed by atoms with Crippen LogP contribution in [0.15, 0.2) is 78.9 Å². The highest BCUT2D eigenvalue weighted by Crippen LogP contribution is 2.37. The van der Waals surface area contributed by atoms with E-state index in [-0.39, 0.29) is 5.97 Å². The van der Waals surface area contributed by atoms with Gasteiger partial charge in [-0.1, -0.05) is 30.3 Å². The molecule has 0 saturated heterocycles. The molecule has 180 valence electrons. The number of benzene rings is 3. The minimum Gasteiger partial charge on any atom is -0.497 e. The molecule has 35 heavy (non-hydrogen) atoms. The number of hydrogen-bond acceptors (Lipinski definition) is 5. The van der Waals surface area contributed by atoms with E-state index in [1.54, 1.807) is 14.2 Å². The minimum absolute atomic E-state index is 0.297. The van der Waals surface area contributed by atoms with E-state index in [1.807, 2.05) is 80.6 Å². The Hall–Kier alpha value is -4.06. The number of aromatic nitrogens is 2. The van der Waals surface area contributed by atoms with Crippen molar-refractivity contribution in [1.82, 2.24) is 9.55 Å². The van der Waals surface area contributed by atoms with E-state index in [2.05, 4.69) is 16.7 Å². The zero-order valence-electron chi connectivity index (χ0n) is 20.5. The zero-order chi connectivity index (χ0) is 24.8. The molecule has 6 nitrogen and oxygen atoms in total. The number of imidazole rings is 1. The Balaban J connectivity index is 1.95. The van der Waals surface area contributed by atoms with Gasteiger partial charge in [0, 0.05) is 17.7 Å². The maximum absolute atomic E-state index is 12.8. The molecule has 0 aliphatic heterocycles. The monoisotopic (exact) mass is 470 g/mol. The van der Waals surface area contributed by atoms with E-state index in [9.17, 15) is 4.79 Å². The summed E-state index contributed by atoms with van der Waals surface area (Å²) in [5, 5.41) is 0. The molecule has 0 bridgehead atoms. The van der Waals surface area contributed by atoms with Gasteiger partial charge in [-0.05, 0) is 67.9 Å². The molecule has 0 fully saturated rings. The molecule has 0 radical (unpaired) electrons. The first-order chi connectivity index (χ1) is 17.0. The molecule has 1 atom stereocenters. The van der Waals surface area contributed by atoms with Gasteiger partial charge in [-0.3, -0.25) is 4.79 Å². The summed E-state index contributed by atoms with van der Waals surface area (Å²) in [6.45, 7) is 4.54. The minimum atomic E-state index is -0.539.